The van der Waals surface area contributed by atoms with Gasteiger partial charge in [-0.15, -0.1) is 11.6 Å². The van der Waals surface area contributed by atoms with Crippen molar-refractivity contribution in [2.75, 3.05) is 27.2 Å². The molecule has 0 aromatic carbocycles. The van der Waals surface area contributed by atoms with Gasteiger partial charge >= 0.3 is 0 Å². The second kappa shape index (κ2) is 37.2. The molecule has 2 fully saturated rings. The van der Waals surface area contributed by atoms with Gasteiger partial charge in [0.15, 0.2) is 6.10 Å². The first-order chi connectivity index (χ1) is 39.9. The highest BCUT2D eigenvalue weighted by Gasteiger charge is 2.44. The van der Waals surface area contributed by atoms with Crippen molar-refractivity contribution in [1.29, 1.82) is 0 Å². The van der Waals surface area contributed by atoms with Gasteiger partial charge in [0.2, 0.25) is 59.1 Å². The molecule has 27 nitrogen and oxygen atoms in total. The van der Waals surface area contributed by atoms with Gasteiger partial charge in [-0.05, 0) is 77.0 Å². The summed E-state index contributed by atoms with van der Waals surface area (Å²) < 4.78 is 5.43. The Balaban J connectivity index is 2.76. The third-order valence-corrected chi connectivity index (χ3v) is 16.0. The number of allylic oxidation sites excluding steroid dienone is 1. The number of alkyl halides is 1. The number of ether oxygens (including phenoxy) is 1. The molecule has 12 amide bonds. The van der Waals surface area contributed by atoms with Crippen molar-refractivity contribution in [1.82, 2.24) is 52.3 Å². The molecule has 0 bridgehead atoms. The Labute approximate surface area is 504 Å². The standard InChI is InChI=1S/C57H97ClN12O15/c1-12-35(58)23-20-18-16-14-15-17-19-22-32(7)45-48(75)55(82)66-44(31(5)6)52(79)62-36(13-2)50(77)68-46(33(8)71)54(81)65-43(30(3)4)53(80)63-37(25-26-40(59)72)49(76)61-29-42(74)64-47(34(9)85-11)57(84)69(10)39(28-41(60)73)56(83)70-27-21-24-38(70)51(78)67-45/h13,30-35,37-39,43-48,71,75H,12,14-29H2,1-11H3,(H2,59,72)(H2,60,73)(H,61,76)(H,62,79)(H,63,80)(H,64,74)(H,65,81)(H,66,82)(H,67,78)(H,68,77)/b36-13+/t32-,33-,34-,35-,37+,38-,39+,43+,44+,45+,46+,47+,48-/m0/s1. The summed E-state index contributed by atoms with van der Waals surface area (Å²) in [6.45, 7) is 13.1. The number of rotatable bonds is 22. The van der Waals surface area contributed by atoms with E-state index in [1.165, 1.54) is 59.8 Å². The van der Waals surface area contributed by atoms with Gasteiger partial charge in [-0.2, -0.15) is 0 Å². The first kappa shape index (κ1) is 74.6. The van der Waals surface area contributed by atoms with E-state index >= 15 is 0 Å². The molecule has 14 N–H and O–H groups in total. The molecule has 0 aromatic rings. The van der Waals surface area contributed by atoms with Crippen LogP contribution in [0.5, 0.6) is 0 Å². The number of unbranched alkanes of at least 4 members (excludes halogenated alkanes) is 6. The average molecular weight is 1230 g/mol. The van der Waals surface area contributed by atoms with Crippen molar-refractivity contribution >= 4 is 82.5 Å². The molecular formula is C57H97ClN12O15. The maximum atomic E-state index is 14.7. The number of amides is 12. The van der Waals surface area contributed by atoms with E-state index in [-0.39, 0.29) is 24.8 Å². The maximum Gasteiger partial charge on any atom is 0.268 e. The first-order valence-electron chi connectivity index (χ1n) is 29.7. The molecule has 2 aliphatic heterocycles. The molecule has 2 aliphatic rings. The van der Waals surface area contributed by atoms with Crippen molar-refractivity contribution in [3.63, 3.8) is 0 Å². The molecule has 0 radical (unpaired) electrons. The summed E-state index contributed by atoms with van der Waals surface area (Å²) in [7, 11) is 2.42. The number of nitrogens with zero attached hydrogens (tertiary/aromatic N) is 2. The number of methoxy groups -OCH3 is 1. The lowest BCUT2D eigenvalue weighted by Crippen LogP contribution is -2.62. The van der Waals surface area contributed by atoms with Crippen molar-refractivity contribution in [2.45, 2.75) is 231 Å². The molecular weight excluding hydrogens is 1130 g/mol. The fourth-order valence-corrected chi connectivity index (χ4v) is 10.2. The number of likely N-dealkylation sites (N-methyl/N-ethyl adjacent to an activating group) is 1. The second-order valence-electron chi connectivity index (χ2n) is 23.0. The molecule has 13 atom stereocenters. The molecule has 2 heterocycles. The van der Waals surface area contributed by atoms with E-state index in [0.717, 1.165) is 56.3 Å². The van der Waals surface area contributed by atoms with E-state index < -0.39 is 187 Å². The molecule has 482 valence electrons. The predicted octanol–water partition coefficient (Wildman–Crippen LogP) is -0.743. The van der Waals surface area contributed by atoms with Crippen LogP contribution >= 0.6 is 11.6 Å². The van der Waals surface area contributed by atoms with Crippen LogP contribution in [-0.2, 0) is 62.3 Å². The number of nitrogens with two attached hydrogens (primary N) is 2. The van der Waals surface area contributed by atoms with Crippen LogP contribution in [0.15, 0.2) is 11.8 Å². The van der Waals surface area contributed by atoms with Gasteiger partial charge < -0.3 is 78.8 Å². The Morgan fingerprint density at radius 1 is 0.706 bits per heavy atom. The van der Waals surface area contributed by atoms with Gasteiger partial charge in [0.25, 0.3) is 11.8 Å². The molecule has 2 saturated heterocycles. The third-order valence-electron chi connectivity index (χ3n) is 15.5. The molecule has 0 saturated carbocycles. The summed E-state index contributed by atoms with van der Waals surface area (Å²) in [4.78, 5) is 168. The van der Waals surface area contributed by atoms with Gasteiger partial charge in [-0.1, -0.05) is 92.6 Å². The molecule has 0 unspecified atom stereocenters. The number of carbonyl (C=O) groups is 12. The topological polar surface area (TPSA) is 409 Å². The highest BCUT2D eigenvalue weighted by molar-refractivity contribution is 6.20. The Morgan fingerprint density at radius 2 is 1.27 bits per heavy atom. The Kier molecular flexibility index (Phi) is 32.7. The highest BCUT2D eigenvalue weighted by Crippen LogP contribution is 2.25. The minimum atomic E-state index is -2.00. The summed E-state index contributed by atoms with van der Waals surface area (Å²) in [6.07, 6.45) is 3.98. The van der Waals surface area contributed by atoms with Gasteiger partial charge in [0, 0.05) is 32.5 Å². The largest absolute Gasteiger partial charge is 0.391 e. The zero-order valence-corrected chi connectivity index (χ0v) is 52.1. The lowest BCUT2D eigenvalue weighted by molar-refractivity contribution is -0.151. The quantitative estimate of drug-likeness (QED) is 0.0361. The zero-order chi connectivity index (χ0) is 64.4. The average Bonchev–Trinajstić information content (AvgIpc) is 3.90. The Hall–Kier alpha value is -6.45. The smallest absolute Gasteiger partial charge is 0.268 e. The van der Waals surface area contributed by atoms with E-state index in [4.69, 9.17) is 27.8 Å². The van der Waals surface area contributed by atoms with Crippen molar-refractivity contribution < 1.29 is 72.5 Å². The zero-order valence-electron chi connectivity index (χ0n) is 51.4. The van der Waals surface area contributed by atoms with Gasteiger partial charge in [0.05, 0.1) is 31.2 Å². The molecule has 0 aromatic heterocycles. The minimum Gasteiger partial charge on any atom is -0.391 e. The van der Waals surface area contributed by atoms with Gasteiger partial charge in [-0.25, -0.2) is 0 Å². The van der Waals surface area contributed by atoms with Crippen LogP contribution in [0.3, 0.4) is 0 Å². The van der Waals surface area contributed by atoms with Gasteiger partial charge in [-0.3, -0.25) is 57.5 Å². The van der Waals surface area contributed by atoms with Crippen LogP contribution in [0.25, 0.3) is 0 Å². The summed E-state index contributed by atoms with van der Waals surface area (Å²) in [5.74, 6) is -13.6. The SMILES string of the molecule is C/C=C1/NC(=O)[C@@H](C(C)C)NC(=O)[C@@H](O)[C@@H]([C@@H](C)CCCCCCCCC[C@@H](Cl)CC)NC(=O)[C@@H]2CCCN2C(=O)[C@@H](CC(N)=O)N(C)C(=O)[C@@H]([C@H](C)OC)NC(=O)CNC(=O)[C@@H](CCC(N)=O)NC(=O)[C@@H](C(C)C)NC(=O)[C@@H]([C@H](C)O)NC1=O. The number of aliphatic hydroxyl groups excluding tert-OH is 2. The Bertz CT molecular complexity index is 2340. The van der Waals surface area contributed by atoms with Crippen LogP contribution in [0, 0.1) is 17.8 Å². The van der Waals surface area contributed by atoms with E-state index in [1.807, 2.05) is 0 Å². The van der Waals surface area contributed by atoms with E-state index in [2.05, 4.69) is 49.5 Å². The van der Waals surface area contributed by atoms with Crippen molar-refractivity contribution in [2.24, 2.45) is 29.2 Å². The lowest BCUT2D eigenvalue weighted by Gasteiger charge is -2.36. The molecule has 2 rings (SSSR count). The number of aliphatic hydroxyl groups is 2. The monoisotopic (exact) mass is 1220 g/mol. The predicted molar refractivity (Wildman–Crippen MR) is 315 cm³/mol. The number of carbonyl (C=O) groups excluding carboxylic acids is 12. The summed E-state index contributed by atoms with van der Waals surface area (Å²) in [5.41, 5.74) is 10.6. The summed E-state index contributed by atoms with van der Waals surface area (Å²) in [5, 5.41) is 42.8. The summed E-state index contributed by atoms with van der Waals surface area (Å²) in [6, 6.07) is -12.0. The number of primary amides is 2. The van der Waals surface area contributed by atoms with E-state index in [1.54, 1.807) is 20.8 Å². The van der Waals surface area contributed by atoms with E-state index in [0.29, 0.717) is 12.8 Å². The second-order valence-corrected chi connectivity index (χ2v) is 23.6. The van der Waals surface area contributed by atoms with Crippen LogP contribution in [0.4, 0.5) is 0 Å². The fraction of sp³-hybridized carbons (Fsp3) is 0.754. The van der Waals surface area contributed by atoms with Crippen LogP contribution in [-0.4, -0.2) is 190 Å². The van der Waals surface area contributed by atoms with Gasteiger partial charge in [0.1, 0.15) is 48.0 Å². The lowest BCUT2D eigenvalue weighted by atomic mass is 9.90. The molecule has 85 heavy (non-hydrogen) atoms. The number of halogens is 1. The Morgan fingerprint density at radius 3 is 1.81 bits per heavy atom. The number of nitrogens with one attached hydrogen (secondary N) is 8. The fourth-order valence-electron chi connectivity index (χ4n) is 10.00. The summed E-state index contributed by atoms with van der Waals surface area (Å²) >= 11 is 6.28. The molecule has 0 spiro atoms. The number of fused-ring (bicyclic) bond motifs is 1. The number of hydrogen-bond donors (Lipinski definition) is 12. The normalized spacial score (nSPS) is 26.6. The van der Waals surface area contributed by atoms with Crippen molar-refractivity contribution in [3.8, 4) is 0 Å². The first-order valence-corrected chi connectivity index (χ1v) is 30.1. The number of hydrogen-bond acceptors (Lipinski definition) is 15. The molecule has 28 heteroatoms. The van der Waals surface area contributed by atoms with Crippen LogP contribution < -0.4 is 54.0 Å². The van der Waals surface area contributed by atoms with Crippen LogP contribution in [0.1, 0.15) is 159 Å². The van der Waals surface area contributed by atoms with E-state index in [9.17, 15) is 67.7 Å². The highest BCUT2D eigenvalue weighted by atomic mass is 35.5. The maximum absolute atomic E-state index is 14.7. The molecule has 0 aliphatic carbocycles. The van der Waals surface area contributed by atoms with Crippen LogP contribution in [0.2, 0.25) is 0 Å². The van der Waals surface area contributed by atoms with Crippen molar-refractivity contribution in [3.05, 3.63) is 11.8 Å². The minimum absolute atomic E-state index is 0.0280. The third kappa shape index (κ3) is 24.1.